The zero-order chi connectivity index (χ0) is 20.0. The molecule has 2 aromatic rings. The van der Waals surface area contributed by atoms with Gasteiger partial charge in [0.15, 0.2) is 11.6 Å². The summed E-state index contributed by atoms with van der Waals surface area (Å²) in [7, 11) is 0. The molecule has 6 bridgehead atoms. The molecule has 29 heavy (non-hydrogen) atoms. The molecule has 2 heterocycles. The maximum Gasteiger partial charge on any atom is 0.229 e. The van der Waals surface area contributed by atoms with E-state index < -0.39 is 5.82 Å². The van der Waals surface area contributed by atoms with E-state index in [9.17, 15) is 9.18 Å². The van der Waals surface area contributed by atoms with Gasteiger partial charge in [0.1, 0.15) is 5.75 Å². The van der Waals surface area contributed by atoms with E-state index in [1.54, 1.807) is 0 Å². The van der Waals surface area contributed by atoms with Crippen LogP contribution >= 0.6 is 11.8 Å². The lowest BCUT2D eigenvalue weighted by molar-refractivity contribution is -0.123. The van der Waals surface area contributed by atoms with Crippen LogP contribution in [0.25, 0.3) is 0 Å². The van der Waals surface area contributed by atoms with Crippen LogP contribution in [-0.2, 0) is 4.79 Å². The van der Waals surface area contributed by atoms with Gasteiger partial charge < -0.3 is 21.1 Å². The minimum atomic E-state index is -0.549. The van der Waals surface area contributed by atoms with Gasteiger partial charge in [0, 0.05) is 28.8 Å². The second kappa shape index (κ2) is 7.37. The SMILES string of the molecule is NC(=O)[C@H]1[C@@H]2CC3SCCOc4cccc(c4)Nc4ncc(F)c(n4)N[C@@H]1[C@@H]3C2. The number of ether oxygens (including phenoxy) is 1. The lowest BCUT2D eigenvalue weighted by atomic mass is 9.83. The van der Waals surface area contributed by atoms with E-state index in [1.807, 2.05) is 36.0 Å². The highest BCUT2D eigenvalue weighted by atomic mass is 32.2. The molecule has 0 spiro atoms. The largest absolute Gasteiger partial charge is 0.493 e. The van der Waals surface area contributed by atoms with Crippen LogP contribution in [-0.4, -0.2) is 39.5 Å². The van der Waals surface area contributed by atoms with Gasteiger partial charge in [-0.25, -0.2) is 9.37 Å². The summed E-state index contributed by atoms with van der Waals surface area (Å²) >= 11 is 1.86. The molecule has 5 rings (SSSR count). The zero-order valence-electron chi connectivity index (χ0n) is 15.7. The first kappa shape index (κ1) is 18.5. The predicted molar refractivity (Wildman–Crippen MR) is 110 cm³/mol. The van der Waals surface area contributed by atoms with Gasteiger partial charge in [-0.1, -0.05) is 6.07 Å². The second-order valence-corrected chi connectivity index (χ2v) is 9.14. The van der Waals surface area contributed by atoms with Crippen molar-refractivity contribution in [2.24, 2.45) is 23.5 Å². The number of hydrogen-bond acceptors (Lipinski definition) is 7. The van der Waals surface area contributed by atoms with Gasteiger partial charge in [-0.05, 0) is 36.8 Å². The highest BCUT2D eigenvalue weighted by molar-refractivity contribution is 7.99. The van der Waals surface area contributed by atoms with E-state index in [0.29, 0.717) is 11.9 Å². The van der Waals surface area contributed by atoms with E-state index in [1.165, 1.54) is 0 Å². The number of amides is 1. The van der Waals surface area contributed by atoms with Gasteiger partial charge in [0.05, 0.1) is 18.7 Å². The van der Waals surface area contributed by atoms with Crippen LogP contribution in [0.3, 0.4) is 0 Å². The molecule has 1 amide bonds. The number of anilines is 3. The molecule has 2 saturated carbocycles. The number of primary amides is 1. The number of aromatic nitrogens is 2. The fourth-order valence-electron chi connectivity index (χ4n) is 4.94. The molecule has 5 atom stereocenters. The van der Waals surface area contributed by atoms with Crippen molar-refractivity contribution in [3.63, 3.8) is 0 Å². The molecular weight excluding hydrogens is 393 g/mol. The number of nitrogens with zero attached hydrogens (tertiary/aromatic N) is 2. The zero-order valence-corrected chi connectivity index (χ0v) is 16.5. The minimum absolute atomic E-state index is 0.0947. The second-order valence-electron chi connectivity index (χ2n) is 7.79. The van der Waals surface area contributed by atoms with Gasteiger partial charge in [0.2, 0.25) is 11.9 Å². The van der Waals surface area contributed by atoms with Crippen LogP contribution in [0.2, 0.25) is 0 Å². The van der Waals surface area contributed by atoms with Crippen molar-refractivity contribution >= 4 is 35.1 Å². The molecule has 2 fully saturated rings. The Morgan fingerprint density at radius 1 is 1.34 bits per heavy atom. The number of thioether (sulfide) groups is 1. The van der Waals surface area contributed by atoms with Gasteiger partial charge >= 0.3 is 0 Å². The third kappa shape index (κ3) is 3.48. The minimum Gasteiger partial charge on any atom is -0.493 e. The molecule has 1 unspecified atom stereocenters. The number of nitrogens with one attached hydrogen (secondary N) is 2. The summed E-state index contributed by atoms with van der Waals surface area (Å²) in [5, 5.41) is 6.68. The van der Waals surface area contributed by atoms with Crippen LogP contribution in [0.4, 0.5) is 21.8 Å². The Morgan fingerprint density at radius 2 is 2.24 bits per heavy atom. The number of hydrogen-bond donors (Lipinski definition) is 3. The van der Waals surface area contributed by atoms with E-state index in [-0.39, 0.29) is 41.5 Å². The average molecular weight is 415 g/mol. The lowest BCUT2D eigenvalue weighted by Gasteiger charge is -2.35. The molecule has 7 nitrogen and oxygen atoms in total. The molecule has 1 aromatic heterocycles. The molecule has 9 heteroatoms. The Hall–Kier alpha value is -2.55. The Kier molecular flexibility index (Phi) is 4.69. The quantitative estimate of drug-likeness (QED) is 0.658. The highest BCUT2D eigenvalue weighted by Gasteiger charge is 2.55. The number of carbonyl (C=O) groups excluding carboxylic acids is 1. The first-order valence-electron chi connectivity index (χ1n) is 9.78. The van der Waals surface area contributed by atoms with E-state index in [2.05, 4.69) is 20.6 Å². The molecule has 0 radical (unpaired) electrons. The Bertz CT molecular complexity index is 945. The molecular formula is C20H22FN5O2S. The van der Waals surface area contributed by atoms with Crippen molar-refractivity contribution in [1.29, 1.82) is 0 Å². The fraction of sp³-hybridized carbons (Fsp3) is 0.450. The molecule has 0 saturated heterocycles. The number of benzene rings is 1. The van der Waals surface area contributed by atoms with Gasteiger partial charge in [0.25, 0.3) is 0 Å². The van der Waals surface area contributed by atoms with Crippen molar-refractivity contribution in [2.45, 2.75) is 24.1 Å². The predicted octanol–water partition coefficient (Wildman–Crippen LogP) is 2.78. The Balaban J connectivity index is 1.51. The number of carbonyl (C=O) groups is 1. The smallest absolute Gasteiger partial charge is 0.229 e. The molecule has 2 aliphatic carbocycles. The molecule has 1 aromatic carbocycles. The highest BCUT2D eigenvalue weighted by Crippen LogP contribution is 2.53. The summed E-state index contributed by atoms with van der Waals surface area (Å²) in [5.74, 6) is 1.23. The number of fused-ring (bicyclic) bond motifs is 5. The van der Waals surface area contributed by atoms with Crippen molar-refractivity contribution in [3.8, 4) is 5.75 Å². The van der Waals surface area contributed by atoms with Gasteiger partial charge in [-0.15, -0.1) is 0 Å². The number of nitrogens with two attached hydrogens (primary N) is 1. The molecule has 152 valence electrons. The maximum absolute atomic E-state index is 14.5. The van der Waals surface area contributed by atoms with Gasteiger partial charge in [-0.3, -0.25) is 4.79 Å². The van der Waals surface area contributed by atoms with Crippen LogP contribution in [0, 0.1) is 23.6 Å². The van der Waals surface area contributed by atoms with E-state index in [4.69, 9.17) is 10.5 Å². The van der Waals surface area contributed by atoms with E-state index in [0.717, 1.165) is 36.2 Å². The average Bonchev–Trinajstić information content (AvgIpc) is 3.26. The first-order chi connectivity index (χ1) is 14.1. The van der Waals surface area contributed by atoms with Crippen LogP contribution in [0.15, 0.2) is 30.5 Å². The molecule has 3 aliphatic rings. The van der Waals surface area contributed by atoms with Gasteiger partial charge in [-0.2, -0.15) is 16.7 Å². The van der Waals surface area contributed by atoms with Crippen molar-refractivity contribution in [3.05, 3.63) is 36.3 Å². The summed E-state index contributed by atoms with van der Waals surface area (Å²) in [6.45, 7) is 0.595. The topological polar surface area (TPSA) is 102 Å². The standard InChI is InChI=1S/C20H22FN5O2S/c21-14-9-23-20-24-11-2-1-3-12(8-11)28-4-5-29-15-7-10-6-13(15)17(16(10)18(22)27)25-19(14)26-20/h1-3,8-10,13,15-17H,4-7H2,(H2,22,27)(H2,23,24,25,26)/t10-,13+,15?,16-,17+/m0/s1. The normalized spacial score (nSPS) is 30.3. The number of rotatable bonds is 1. The third-order valence-corrected chi connectivity index (χ3v) is 7.47. The van der Waals surface area contributed by atoms with E-state index >= 15 is 0 Å². The summed E-state index contributed by atoms with van der Waals surface area (Å²) < 4.78 is 20.4. The Morgan fingerprint density at radius 3 is 3.10 bits per heavy atom. The van der Waals surface area contributed by atoms with Crippen LogP contribution in [0.5, 0.6) is 5.75 Å². The summed E-state index contributed by atoms with van der Waals surface area (Å²) in [4.78, 5) is 20.5. The van der Waals surface area contributed by atoms with Crippen LogP contribution < -0.4 is 21.1 Å². The fourth-order valence-corrected chi connectivity index (χ4v) is 6.33. The van der Waals surface area contributed by atoms with Crippen molar-refractivity contribution < 1.29 is 13.9 Å². The van der Waals surface area contributed by atoms with Crippen LogP contribution in [0.1, 0.15) is 12.8 Å². The number of halogens is 1. The third-order valence-electron chi connectivity index (χ3n) is 6.09. The molecule has 1 aliphatic heterocycles. The summed E-state index contributed by atoms with van der Waals surface area (Å²) in [5.41, 5.74) is 6.46. The maximum atomic E-state index is 14.5. The summed E-state index contributed by atoms with van der Waals surface area (Å²) in [6, 6.07) is 7.28. The first-order valence-corrected chi connectivity index (χ1v) is 10.8. The summed E-state index contributed by atoms with van der Waals surface area (Å²) in [6.07, 6.45) is 3.01. The van der Waals surface area contributed by atoms with Crippen molar-refractivity contribution in [2.75, 3.05) is 23.0 Å². The lowest BCUT2D eigenvalue weighted by Crippen LogP contribution is -2.46. The monoisotopic (exact) mass is 415 g/mol. The van der Waals surface area contributed by atoms with Crippen molar-refractivity contribution in [1.82, 2.24) is 9.97 Å². The Labute approximate surface area is 172 Å². The molecule has 4 N–H and O–H groups in total.